The third-order valence-electron chi connectivity index (χ3n) is 3.33. The second kappa shape index (κ2) is 6.47. The molecule has 0 amide bonds. The van der Waals surface area contributed by atoms with Gasteiger partial charge in [0.2, 0.25) is 0 Å². The van der Waals surface area contributed by atoms with Crippen molar-refractivity contribution in [3.8, 4) is 0 Å². The molecule has 2 atom stereocenters. The van der Waals surface area contributed by atoms with E-state index in [4.69, 9.17) is 4.74 Å². The smallest absolute Gasteiger partial charge is 0.0897 e. The first-order valence-corrected chi connectivity index (χ1v) is 7.39. The van der Waals surface area contributed by atoms with Crippen molar-refractivity contribution in [1.29, 1.82) is 0 Å². The van der Waals surface area contributed by atoms with Crippen molar-refractivity contribution in [1.82, 2.24) is 10.3 Å². The van der Waals surface area contributed by atoms with Crippen molar-refractivity contribution in [3.05, 3.63) is 16.1 Å². The quantitative estimate of drug-likeness (QED) is 0.876. The largest absolute Gasteiger partial charge is 0.381 e. The van der Waals surface area contributed by atoms with Crippen LogP contribution in [0.2, 0.25) is 0 Å². The molecular weight excluding hydrogens is 232 g/mol. The third kappa shape index (κ3) is 3.76. The normalized spacial score (nSPS) is 22.6. The third-order valence-corrected chi connectivity index (χ3v) is 4.15. The molecule has 1 aliphatic heterocycles. The molecule has 2 unspecified atom stereocenters. The Morgan fingerprint density at radius 3 is 3.12 bits per heavy atom. The topological polar surface area (TPSA) is 34.2 Å². The standard InChI is InChI=1S/C13H22N2OS/c1-3-14-13(11-5-4-6-16-8-11)7-12-9-17-10(2)15-12/h9,11,13-14H,3-8H2,1-2H3. The summed E-state index contributed by atoms with van der Waals surface area (Å²) in [4.78, 5) is 4.57. The van der Waals surface area contributed by atoms with Crippen LogP contribution in [0, 0.1) is 12.8 Å². The Morgan fingerprint density at radius 1 is 1.65 bits per heavy atom. The number of aromatic nitrogens is 1. The number of hydrogen-bond acceptors (Lipinski definition) is 4. The highest BCUT2D eigenvalue weighted by Crippen LogP contribution is 2.21. The molecule has 0 saturated carbocycles. The molecule has 1 N–H and O–H groups in total. The lowest BCUT2D eigenvalue weighted by Gasteiger charge is -2.30. The Bertz CT molecular complexity index is 334. The highest BCUT2D eigenvalue weighted by atomic mass is 32.1. The predicted molar refractivity (Wildman–Crippen MR) is 71.6 cm³/mol. The lowest BCUT2D eigenvalue weighted by Crippen LogP contribution is -2.41. The fraction of sp³-hybridized carbons (Fsp3) is 0.769. The highest BCUT2D eigenvalue weighted by molar-refractivity contribution is 7.09. The first-order valence-electron chi connectivity index (χ1n) is 6.51. The maximum Gasteiger partial charge on any atom is 0.0897 e. The number of nitrogens with zero attached hydrogens (tertiary/aromatic N) is 1. The summed E-state index contributed by atoms with van der Waals surface area (Å²) in [6.07, 6.45) is 3.51. The van der Waals surface area contributed by atoms with Gasteiger partial charge in [0.05, 0.1) is 17.3 Å². The van der Waals surface area contributed by atoms with E-state index in [2.05, 4.69) is 29.5 Å². The van der Waals surface area contributed by atoms with Crippen LogP contribution in [0.25, 0.3) is 0 Å². The number of nitrogens with one attached hydrogen (secondary N) is 1. The Kier molecular flexibility index (Phi) is 4.95. The molecule has 1 aromatic heterocycles. The summed E-state index contributed by atoms with van der Waals surface area (Å²) < 4.78 is 5.59. The monoisotopic (exact) mass is 254 g/mol. The molecule has 17 heavy (non-hydrogen) atoms. The number of thiazole rings is 1. The van der Waals surface area contributed by atoms with Gasteiger partial charge >= 0.3 is 0 Å². The fourth-order valence-corrected chi connectivity index (χ4v) is 3.10. The molecule has 1 saturated heterocycles. The number of aryl methyl sites for hydroxylation is 1. The molecule has 3 nitrogen and oxygen atoms in total. The Balaban J connectivity index is 1.95. The van der Waals surface area contributed by atoms with Crippen LogP contribution in [0.15, 0.2) is 5.38 Å². The molecule has 1 aliphatic rings. The van der Waals surface area contributed by atoms with E-state index in [1.807, 2.05) is 0 Å². The van der Waals surface area contributed by atoms with Crippen LogP contribution in [0.3, 0.4) is 0 Å². The maximum atomic E-state index is 5.59. The van der Waals surface area contributed by atoms with E-state index in [9.17, 15) is 0 Å². The van der Waals surface area contributed by atoms with Crippen LogP contribution in [-0.2, 0) is 11.2 Å². The Labute approximate surface area is 108 Å². The van der Waals surface area contributed by atoms with Crippen LogP contribution in [0.4, 0.5) is 0 Å². The van der Waals surface area contributed by atoms with Gasteiger partial charge in [-0.25, -0.2) is 4.98 Å². The van der Waals surface area contributed by atoms with E-state index in [-0.39, 0.29) is 0 Å². The number of rotatable bonds is 5. The van der Waals surface area contributed by atoms with Gasteiger partial charge in [-0.3, -0.25) is 0 Å². The molecule has 0 bridgehead atoms. The molecule has 1 fully saturated rings. The Morgan fingerprint density at radius 2 is 2.53 bits per heavy atom. The van der Waals surface area contributed by atoms with Crippen molar-refractivity contribution in [2.75, 3.05) is 19.8 Å². The summed E-state index contributed by atoms with van der Waals surface area (Å²) in [6.45, 7) is 7.10. The van der Waals surface area contributed by atoms with Gasteiger partial charge in [-0.15, -0.1) is 11.3 Å². The van der Waals surface area contributed by atoms with E-state index >= 15 is 0 Å². The van der Waals surface area contributed by atoms with Gasteiger partial charge in [-0.1, -0.05) is 6.92 Å². The van der Waals surface area contributed by atoms with Gasteiger partial charge in [0.1, 0.15) is 0 Å². The summed E-state index contributed by atoms with van der Waals surface area (Å²) in [5.41, 5.74) is 1.23. The van der Waals surface area contributed by atoms with Crippen LogP contribution < -0.4 is 5.32 Å². The molecule has 0 aliphatic carbocycles. The van der Waals surface area contributed by atoms with Crippen molar-refractivity contribution >= 4 is 11.3 Å². The maximum absolute atomic E-state index is 5.59. The Hall–Kier alpha value is -0.450. The number of hydrogen-bond donors (Lipinski definition) is 1. The molecule has 2 heterocycles. The molecule has 2 rings (SSSR count). The van der Waals surface area contributed by atoms with Crippen molar-refractivity contribution in [2.24, 2.45) is 5.92 Å². The minimum atomic E-state index is 0.516. The van der Waals surface area contributed by atoms with E-state index in [0.29, 0.717) is 12.0 Å². The van der Waals surface area contributed by atoms with E-state index in [1.54, 1.807) is 11.3 Å². The van der Waals surface area contributed by atoms with Gasteiger partial charge < -0.3 is 10.1 Å². The summed E-state index contributed by atoms with van der Waals surface area (Å²) in [5.74, 6) is 0.644. The SMILES string of the molecule is CCNC(Cc1csc(C)n1)C1CCCOC1. The zero-order valence-corrected chi connectivity index (χ0v) is 11.6. The lowest BCUT2D eigenvalue weighted by atomic mass is 9.91. The summed E-state index contributed by atoms with van der Waals surface area (Å²) in [5, 5.41) is 6.94. The van der Waals surface area contributed by atoms with E-state index in [0.717, 1.165) is 31.2 Å². The first kappa shape index (κ1) is 13.0. The van der Waals surface area contributed by atoms with Crippen molar-refractivity contribution in [2.45, 2.75) is 39.2 Å². The second-order valence-electron chi connectivity index (χ2n) is 4.70. The summed E-state index contributed by atoms with van der Waals surface area (Å²) in [6, 6.07) is 0.516. The van der Waals surface area contributed by atoms with Gasteiger partial charge in [0.25, 0.3) is 0 Å². The predicted octanol–water partition coefficient (Wildman–Crippen LogP) is 2.40. The summed E-state index contributed by atoms with van der Waals surface area (Å²) in [7, 11) is 0. The number of likely N-dealkylation sites (N-methyl/N-ethyl adjacent to an activating group) is 1. The van der Waals surface area contributed by atoms with Gasteiger partial charge in [0.15, 0.2) is 0 Å². The molecule has 0 spiro atoms. The summed E-state index contributed by atoms with van der Waals surface area (Å²) >= 11 is 1.74. The lowest BCUT2D eigenvalue weighted by molar-refractivity contribution is 0.0394. The van der Waals surface area contributed by atoms with Crippen LogP contribution in [0.5, 0.6) is 0 Å². The van der Waals surface area contributed by atoms with Crippen LogP contribution >= 0.6 is 11.3 Å². The number of ether oxygens (including phenoxy) is 1. The second-order valence-corrected chi connectivity index (χ2v) is 5.77. The van der Waals surface area contributed by atoms with E-state index in [1.165, 1.54) is 18.5 Å². The van der Waals surface area contributed by atoms with Crippen LogP contribution in [-0.4, -0.2) is 30.8 Å². The van der Waals surface area contributed by atoms with Crippen molar-refractivity contribution in [3.63, 3.8) is 0 Å². The average Bonchev–Trinajstić information content (AvgIpc) is 2.75. The first-order chi connectivity index (χ1) is 8.29. The van der Waals surface area contributed by atoms with Gasteiger partial charge in [-0.05, 0) is 32.2 Å². The highest BCUT2D eigenvalue weighted by Gasteiger charge is 2.24. The molecule has 4 heteroatoms. The molecule has 96 valence electrons. The zero-order valence-electron chi connectivity index (χ0n) is 10.7. The molecule has 1 aromatic rings. The van der Waals surface area contributed by atoms with Crippen LogP contribution in [0.1, 0.15) is 30.5 Å². The van der Waals surface area contributed by atoms with Gasteiger partial charge in [-0.2, -0.15) is 0 Å². The molecule has 0 radical (unpaired) electrons. The van der Waals surface area contributed by atoms with Crippen molar-refractivity contribution < 1.29 is 4.74 Å². The van der Waals surface area contributed by atoms with Gasteiger partial charge in [0, 0.05) is 24.4 Å². The van der Waals surface area contributed by atoms with E-state index < -0.39 is 0 Å². The minimum Gasteiger partial charge on any atom is -0.381 e. The fourth-order valence-electron chi connectivity index (χ4n) is 2.48. The molecule has 0 aromatic carbocycles. The minimum absolute atomic E-state index is 0.516. The zero-order chi connectivity index (χ0) is 12.1. The molecular formula is C13H22N2OS. The average molecular weight is 254 g/mol.